The molecule has 0 aliphatic carbocycles. The Morgan fingerprint density at radius 2 is 0.483 bits per heavy atom. The van der Waals surface area contributed by atoms with Crippen LogP contribution in [0.5, 0.6) is 0 Å². The molecule has 0 rings (SSSR count). The lowest BCUT2D eigenvalue weighted by Crippen LogP contribution is -2.56. The average Bonchev–Trinajstić information content (AvgIpc) is 0.816. The quantitative estimate of drug-likeness (QED) is 0.0159. The van der Waals surface area contributed by atoms with E-state index < -0.39 is 267 Å². The molecule has 0 fully saturated rings. The number of ether oxygens (including phenoxy) is 14. The van der Waals surface area contributed by atoms with Gasteiger partial charge in [0.1, 0.15) is 114 Å². The Labute approximate surface area is 926 Å². The van der Waals surface area contributed by atoms with Gasteiger partial charge in [0, 0.05) is 94.7 Å². The monoisotopic (exact) mass is 2580 g/mol. The predicted octanol–water partition coefficient (Wildman–Crippen LogP) is 13.5. The van der Waals surface area contributed by atoms with Gasteiger partial charge in [-0.25, -0.2) is 0 Å². The Hall–Kier alpha value is -4.88. The number of hydrogen-bond acceptors (Lipinski definition) is 31. The van der Waals surface area contributed by atoms with Crippen LogP contribution in [0.1, 0.15) is 290 Å². The average molecular weight is 2590 g/mol. The second kappa shape index (κ2) is 63.1. The van der Waals surface area contributed by atoms with E-state index in [9.17, 15) is 76.7 Å². The summed E-state index contributed by atoms with van der Waals surface area (Å²) in [7, 11) is 0. The number of halogens is 8. The maximum absolute atomic E-state index is 14.6. The molecule has 38 nitrogen and oxygen atoms in total. The van der Waals surface area contributed by atoms with Crippen molar-refractivity contribution in [2.75, 3.05) is 152 Å². The molecule has 0 aromatic heterocycles. The molecule has 0 aromatic rings. The molecule has 0 aliphatic rings. The lowest BCUT2D eigenvalue weighted by molar-refractivity contribution is -0.174. The molecule has 0 unspecified atom stereocenters. The third-order valence-corrected chi connectivity index (χ3v) is 26.8. The van der Waals surface area contributed by atoms with E-state index in [0.717, 1.165) is 12.8 Å². The zero-order chi connectivity index (χ0) is 112. The number of hydrogen-bond donors (Lipinski definition) is 8. The smallest absolute Gasteiger partial charge is 0.322 e. The number of amides is 7. The van der Waals surface area contributed by atoms with Crippen molar-refractivity contribution in [2.24, 2.45) is 32.8 Å². The summed E-state index contributed by atoms with van der Waals surface area (Å²) in [6, 6.07) is 0. The van der Waals surface area contributed by atoms with Gasteiger partial charge in [-0.15, -0.1) is 0 Å². The summed E-state index contributed by atoms with van der Waals surface area (Å²) in [6.07, 6.45) is 4.90. The van der Waals surface area contributed by atoms with E-state index in [-0.39, 0.29) is 89.4 Å². The third kappa shape index (κ3) is 55.5. The summed E-state index contributed by atoms with van der Waals surface area (Å²) in [5.74, 6) is -10.9. The molecule has 145 heavy (non-hydrogen) atoms. The Balaban J connectivity index is 8.43. The number of nitrogens with one attached hydrogen (secondary N) is 7. The highest BCUT2D eigenvalue weighted by atomic mass is 79.9. The normalized spacial score (nSPS) is 13.1. The summed E-state index contributed by atoms with van der Waals surface area (Å²) in [6.45, 7) is 35.7. The molecule has 0 aliphatic heterocycles. The van der Waals surface area contributed by atoms with Gasteiger partial charge >= 0.3 is 53.7 Å². The number of nitrogens with two attached hydrogens (primary N) is 1. The zero-order valence-electron chi connectivity index (χ0n) is 90.4. The third-order valence-electron chi connectivity index (χ3n) is 24.3. The van der Waals surface area contributed by atoms with E-state index in [4.69, 9.17) is 72.0 Å². The van der Waals surface area contributed by atoms with Crippen LogP contribution in [0.4, 0.5) is 0 Å². The molecule has 7 amide bonds. The fourth-order valence-electron chi connectivity index (χ4n) is 13.4. The van der Waals surface area contributed by atoms with Crippen molar-refractivity contribution in [1.29, 1.82) is 0 Å². The SMILES string of the molecule is CCC(N)(CC)CCOC(CC)(CC)CCC(=O)NC(CC)(CC)CCOC(CC)(CC)CC(CNC(=O)CCNC(=O)COCC(COC(=O)C(C)(C)C)(COC(=O)C(C)(C)Br)COC(=O)C(C)(C)Br)(CNC(=O)CCNC(=O)COCC(COC(=O)C(C)(C)Br)(COC(=O)C(C)(C)Br)COC(=O)C(C)(C)Br)CNC(=O)CCNC(=O)COCC(COC(=O)C(C)(C)Br)(COC(=O)C(C)(C)Br)COC(=O)C(C)(C)Br. The highest BCUT2D eigenvalue weighted by Gasteiger charge is 2.48. The van der Waals surface area contributed by atoms with E-state index in [2.05, 4.69) is 179 Å². The molecule has 0 radical (unpaired) electrons. The minimum absolute atomic E-state index is 0.0277. The topological polar surface area (TPSA) is 513 Å². The standard InChI is InChI=1S/C99H168Br8N8O30/c1-28-96(108,29-2)41-46-144-98(32-5,33-6)40-36-70(119)115-97(30-3,31-4)42-47-145-99(34-7,35-8)51-92(52-112-67(116)37-43-109-71(120)48-132-55-93(58-135-74(123)83(9,10)11,59-136-75(124)84(12,13)100)60-137-76(125)85(14,15)101,53-113-68(117)38-44-110-72(121)49-133-56-94(61-138-77(126)86(16,17)102,62-139-78(127)87(18,19)103)63-140-79(128)88(20,21)104)54-114-69(118)39-45-111-73(122)50-134-57-95(64-141-80(129)89(22,23)105,65-142-81(130)90(24,25)106)66-143-82(131)91(26,27)107/h28-66,108H2,1-27H3,(H,109,120)(H,110,121)(H,111,122)(H,112,116)(H,113,117)(H,114,118)(H,115,119). The molecule has 0 spiro atoms. The van der Waals surface area contributed by atoms with Gasteiger partial charge < -0.3 is 109 Å². The van der Waals surface area contributed by atoms with Crippen molar-refractivity contribution in [3.8, 4) is 0 Å². The van der Waals surface area contributed by atoms with Gasteiger partial charge in [-0.05, 0) is 209 Å². The van der Waals surface area contributed by atoms with Crippen LogP contribution in [0.2, 0.25) is 0 Å². The second-order valence-electron chi connectivity index (χ2n) is 42.6. The van der Waals surface area contributed by atoms with E-state index in [1.54, 1.807) is 48.5 Å². The lowest BCUT2D eigenvalue weighted by atomic mass is 9.74. The van der Waals surface area contributed by atoms with Crippen LogP contribution in [0, 0.1) is 27.1 Å². The van der Waals surface area contributed by atoms with Gasteiger partial charge in [-0.1, -0.05) is 183 Å². The first-order valence-electron chi connectivity index (χ1n) is 49.1. The van der Waals surface area contributed by atoms with E-state index >= 15 is 0 Å². The number of carbonyl (C=O) groups is 16. The van der Waals surface area contributed by atoms with E-state index in [1.807, 2.05) is 41.5 Å². The first kappa shape index (κ1) is 140. The molecule has 840 valence electrons. The van der Waals surface area contributed by atoms with Crippen LogP contribution >= 0.6 is 127 Å². The fraction of sp³-hybridized carbons (Fsp3) is 0.838. The summed E-state index contributed by atoms with van der Waals surface area (Å²) in [4.78, 5) is 219. The molecule has 0 bridgehead atoms. The van der Waals surface area contributed by atoms with Crippen LogP contribution in [0.15, 0.2) is 0 Å². The number of carbonyl (C=O) groups excluding carboxylic acids is 16. The molecule has 0 heterocycles. The first-order chi connectivity index (χ1) is 66.3. The summed E-state index contributed by atoms with van der Waals surface area (Å²) in [5.41, 5.74) is -3.48. The minimum Gasteiger partial charge on any atom is -0.464 e. The van der Waals surface area contributed by atoms with Crippen LogP contribution in [-0.2, 0) is 143 Å². The number of esters is 9. The van der Waals surface area contributed by atoms with Gasteiger partial charge in [-0.2, -0.15) is 0 Å². The van der Waals surface area contributed by atoms with Gasteiger partial charge in [0.2, 0.25) is 41.4 Å². The van der Waals surface area contributed by atoms with Crippen molar-refractivity contribution in [3.63, 3.8) is 0 Å². The predicted molar refractivity (Wildman–Crippen MR) is 577 cm³/mol. The van der Waals surface area contributed by atoms with Crippen molar-refractivity contribution < 1.29 is 143 Å². The highest BCUT2D eigenvalue weighted by molar-refractivity contribution is 9.11. The molecular formula is C99H168Br8N8O30. The van der Waals surface area contributed by atoms with Crippen molar-refractivity contribution in [1.82, 2.24) is 37.2 Å². The van der Waals surface area contributed by atoms with Crippen molar-refractivity contribution >= 4 is 223 Å². The van der Waals surface area contributed by atoms with E-state index in [1.165, 1.54) is 83.1 Å². The Morgan fingerprint density at radius 3 is 0.703 bits per heavy atom. The van der Waals surface area contributed by atoms with Crippen LogP contribution in [0.25, 0.3) is 0 Å². The lowest BCUT2D eigenvalue weighted by Gasteiger charge is -2.44. The second-order valence-corrected chi connectivity index (χ2v) is 58.4. The Bertz CT molecular complexity index is 3590. The van der Waals surface area contributed by atoms with Crippen molar-refractivity contribution in [2.45, 2.75) is 347 Å². The fourth-order valence-corrected chi connectivity index (χ4v) is 14.3. The summed E-state index contributed by atoms with van der Waals surface area (Å²) >= 11 is 26.3. The Kier molecular flexibility index (Phi) is 61.0. The van der Waals surface area contributed by atoms with Gasteiger partial charge in [-0.3, -0.25) is 76.7 Å². The zero-order valence-corrected chi connectivity index (χ0v) is 103. The number of alkyl halides is 8. The largest absolute Gasteiger partial charge is 0.464 e. The van der Waals surface area contributed by atoms with Crippen LogP contribution < -0.4 is 43.0 Å². The molecule has 9 N–H and O–H groups in total. The molecule has 0 atom stereocenters. The minimum atomic E-state index is -1.61. The maximum atomic E-state index is 14.6. The van der Waals surface area contributed by atoms with Crippen molar-refractivity contribution in [3.05, 3.63) is 0 Å². The van der Waals surface area contributed by atoms with Gasteiger partial charge in [0.15, 0.2) is 0 Å². The van der Waals surface area contributed by atoms with Crippen LogP contribution in [-0.4, -0.2) is 304 Å². The number of rotatable bonds is 75. The van der Waals surface area contributed by atoms with Gasteiger partial charge in [0.25, 0.3) is 0 Å². The molecule has 46 heteroatoms. The molecule has 0 aromatic carbocycles. The summed E-state index contributed by atoms with van der Waals surface area (Å²) < 4.78 is 73.3. The maximum Gasteiger partial charge on any atom is 0.322 e. The molecule has 0 saturated heterocycles. The van der Waals surface area contributed by atoms with Crippen LogP contribution in [0.3, 0.4) is 0 Å². The summed E-state index contributed by atoms with van der Waals surface area (Å²) in [5, 5.41) is 20.3. The Morgan fingerprint density at radius 1 is 0.248 bits per heavy atom. The first-order valence-corrected chi connectivity index (χ1v) is 55.5. The van der Waals surface area contributed by atoms with E-state index in [0.29, 0.717) is 64.4 Å². The molecule has 0 saturated carbocycles. The molecular weight excluding hydrogens is 2420 g/mol. The highest BCUT2D eigenvalue weighted by Crippen LogP contribution is 2.39. The van der Waals surface area contributed by atoms with Gasteiger partial charge in [0.05, 0.1) is 52.7 Å².